The highest BCUT2D eigenvalue weighted by Crippen LogP contribution is 2.33. The number of aromatic nitrogens is 2. The Bertz CT molecular complexity index is 1150. The van der Waals surface area contributed by atoms with Gasteiger partial charge in [-0.1, -0.05) is 48.9 Å². The van der Waals surface area contributed by atoms with Crippen molar-refractivity contribution in [1.82, 2.24) is 9.97 Å². The number of ether oxygens (including phenoxy) is 1. The molecule has 4 rings (SSSR count). The van der Waals surface area contributed by atoms with Crippen molar-refractivity contribution in [3.05, 3.63) is 71.2 Å². The lowest BCUT2D eigenvalue weighted by Gasteiger charge is -2.16. The Morgan fingerprint density at radius 3 is 2.45 bits per heavy atom. The Hall–Kier alpha value is -3.62. The van der Waals surface area contributed by atoms with Crippen LogP contribution in [0.4, 0.5) is 23.8 Å². The van der Waals surface area contributed by atoms with Crippen molar-refractivity contribution in [3.8, 4) is 16.9 Å². The summed E-state index contributed by atoms with van der Waals surface area (Å²) in [6, 6.07) is 14.0. The normalized spacial score (nSPS) is 13.7. The molecule has 0 saturated heterocycles. The first-order valence-corrected chi connectivity index (χ1v) is 10.6. The number of para-hydroxylation sites is 1. The fraction of sp³-hybridized carbons (Fsp3) is 0.292. The van der Waals surface area contributed by atoms with Crippen LogP contribution < -0.4 is 10.1 Å². The molecule has 0 amide bonds. The molecule has 6 nitrogen and oxygen atoms in total. The average Bonchev–Trinajstić information content (AvgIpc) is 3.03. The lowest BCUT2D eigenvalue weighted by Crippen LogP contribution is -2.17. The highest BCUT2D eigenvalue weighted by atomic mass is 19.4. The highest BCUT2D eigenvalue weighted by molar-refractivity contribution is 5.74. The minimum Gasteiger partial charge on any atom is -0.449 e. The van der Waals surface area contributed by atoms with Gasteiger partial charge in [-0.05, 0) is 42.9 Å². The van der Waals surface area contributed by atoms with Crippen LogP contribution in [0.2, 0.25) is 0 Å². The first-order chi connectivity index (χ1) is 15.8. The van der Waals surface area contributed by atoms with E-state index in [0.29, 0.717) is 24.1 Å². The number of hydrogen-bond acceptors (Lipinski definition) is 5. The molecular formula is C24H22F3N3O3. The number of anilines is 1. The summed E-state index contributed by atoms with van der Waals surface area (Å²) in [5.74, 6) is -0.659. The number of hydrogen-bond donors (Lipinski definition) is 2. The van der Waals surface area contributed by atoms with Gasteiger partial charge in [0, 0.05) is 23.4 Å². The van der Waals surface area contributed by atoms with E-state index in [2.05, 4.69) is 15.3 Å². The van der Waals surface area contributed by atoms with Crippen molar-refractivity contribution in [3.63, 3.8) is 0 Å². The van der Waals surface area contributed by atoms with Gasteiger partial charge in [0.15, 0.2) is 0 Å². The summed E-state index contributed by atoms with van der Waals surface area (Å²) in [4.78, 5) is 18.5. The van der Waals surface area contributed by atoms with Gasteiger partial charge < -0.3 is 15.2 Å². The zero-order chi connectivity index (χ0) is 23.4. The number of carbonyl (C=O) groups is 1. The van der Waals surface area contributed by atoms with Crippen LogP contribution >= 0.6 is 0 Å². The molecule has 0 fully saturated rings. The number of benzene rings is 2. The maximum atomic E-state index is 13.3. The predicted molar refractivity (Wildman–Crippen MR) is 116 cm³/mol. The van der Waals surface area contributed by atoms with Gasteiger partial charge >= 0.3 is 12.3 Å². The topological polar surface area (TPSA) is 84.3 Å². The Balaban J connectivity index is 1.55. The molecule has 3 aromatic rings. The van der Waals surface area contributed by atoms with Gasteiger partial charge in [-0.2, -0.15) is 13.2 Å². The molecule has 1 heterocycles. The second-order valence-corrected chi connectivity index (χ2v) is 7.79. The van der Waals surface area contributed by atoms with E-state index in [1.54, 1.807) is 24.3 Å². The summed E-state index contributed by atoms with van der Waals surface area (Å²) < 4.78 is 44.8. The van der Waals surface area contributed by atoms with Gasteiger partial charge in [0.25, 0.3) is 0 Å². The minimum absolute atomic E-state index is 0.222. The van der Waals surface area contributed by atoms with E-state index < -0.39 is 18.2 Å². The molecule has 1 aliphatic rings. The van der Waals surface area contributed by atoms with E-state index in [4.69, 9.17) is 9.84 Å². The van der Waals surface area contributed by atoms with Crippen LogP contribution in [0, 0.1) is 0 Å². The first kappa shape index (κ1) is 22.6. The molecule has 172 valence electrons. The second kappa shape index (κ2) is 9.48. The molecule has 0 aliphatic heterocycles. The molecule has 2 aromatic carbocycles. The fourth-order valence-electron chi connectivity index (χ4n) is 3.92. The third-order valence-corrected chi connectivity index (χ3v) is 5.50. The van der Waals surface area contributed by atoms with E-state index >= 15 is 0 Å². The highest BCUT2D eigenvalue weighted by Gasteiger charge is 2.36. The van der Waals surface area contributed by atoms with Crippen molar-refractivity contribution in [1.29, 1.82) is 0 Å². The molecule has 0 saturated carbocycles. The Labute approximate surface area is 188 Å². The van der Waals surface area contributed by atoms with Crippen LogP contribution in [0.5, 0.6) is 5.75 Å². The van der Waals surface area contributed by atoms with Crippen LogP contribution in [0.15, 0.2) is 48.5 Å². The Morgan fingerprint density at radius 2 is 1.73 bits per heavy atom. The number of fused-ring (bicyclic) bond motifs is 1. The smallest absolute Gasteiger partial charge is 0.449 e. The van der Waals surface area contributed by atoms with Crippen molar-refractivity contribution in [2.24, 2.45) is 0 Å². The number of halogens is 3. The second-order valence-electron chi connectivity index (χ2n) is 7.79. The van der Waals surface area contributed by atoms with E-state index in [-0.39, 0.29) is 18.1 Å². The fourth-order valence-corrected chi connectivity index (χ4v) is 3.92. The summed E-state index contributed by atoms with van der Waals surface area (Å²) in [7, 11) is 0. The van der Waals surface area contributed by atoms with Gasteiger partial charge in [0.1, 0.15) is 11.6 Å². The van der Waals surface area contributed by atoms with Crippen molar-refractivity contribution >= 4 is 12.0 Å². The van der Waals surface area contributed by atoms with Gasteiger partial charge in [0.05, 0.1) is 0 Å². The number of rotatable bonds is 5. The maximum absolute atomic E-state index is 13.3. The number of nitrogens with zero attached hydrogens (tertiary/aromatic N) is 2. The van der Waals surface area contributed by atoms with Crippen LogP contribution in [-0.4, -0.2) is 21.2 Å². The maximum Gasteiger partial charge on any atom is 0.511 e. The summed E-state index contributed by atoms with van der Waals surface area (Å²) in [5, 5.41) is 12.0. The van der Waals surface area contributed by atoms with Gasteiger partial charge in [-0.25, -0.2) is 14.8 Å². The monoisotopic (exact) mass is 457 g/mol. The molecule has 0 bridgehead atoms. The molecule has 0 unspecified atom stereocenters. The van der Waals surface area contributed by atoms with Gasteiger partial charge in [0.2, 0.25) is 5.82 Å². The van der Waals surface area contributed by atoms with Crippen LogP contribution in [-0.2, 0) is 25.6 Å². The molecule has 33 heavy (non-hydrogen) atoms. The molecule has 1 aromatic heterocycles. The number of aryl methyl sites for hydroxylation is 1. The van der Waals surface area contributed by atoms with Crippen LogP contribution in [0.3, 0.4) is 0 Å². The summed E-state index contributed by atoms with van der Waals surface area (Å²) in [6.45, 7) is 0.286. The lowest BCUT2D eigenvalue weighted by molar-refractivity contribution is -0.145. The molecule has 9 heteroatoms. The average molecular weight is 457 g/mol. The van der Waals surface area contributed by atoms with Gasteiger partial charge in [-0.3, -0.25) is 0 Å². The Morgan fingerprint density at radius 1 is 1.00 bits per heavy atom. The number of alkyl halides is 3. The molecule has 0 spiro atoms. The minimum atomic E-state index is -4.61. The predicted octanol–water partition coefficient (Wildman–Crippen LogP) is 6.10. The van der Waals surface area contributed by atoms with E-state index in [1.165, 1.54) is 0 Å². The van der Waals surface area contributed by atoms with Crippen LogP contribution in [0.25, 0.3) is 11.1 Å². The summed E-state index contributed by atoms with van der Waals surface area (Å²) in [6.07, 6.45) is -2.18. The van der Waals surface area contributed by atoms with Crippen LogP contribution in [0.1, 0.15) is 41.9 Å². The van der Waals surface area contributed by atoms with Gasteiger partial charge in [-0.15, -0.1) is 0 Å². The molecular weight excluding hydrogens is 435 g/mol. The molecule has 2 N–H and O–H groups in total. The number of nitrogens with one attached hydrogen (secondary N) is 1. The third-order valence-electron chi connectivity index (χ3n) is 5.50. The van der Waals surface area contributed by atoms with Crippen molar-refractivity contribution in [2.45, 2.75) is 44.8 Å². The van der Waals surface area contributed by atoms with Crippen molar-refractivity contribution in [2.75, 3.05) is 5.32 Å². The van der Waals surface area contributed by atoms with Crippen molar-refractivity contribution < 1.29 is 27.8 Å². The summed E-state index contributed by atoms with van der Waals surface area (Å²) >= 11 is 0. The largest absolute Gasteiger partial charge is 0.511 e. The van der Waals surface area contributed by atoms with E-state index in [0.717, 1.165) is 36.0 Å². The standard InChI is InChI=1S/C24H22F3N3O3/c25-24(26,27)22-29-19-8-3-1-2-7-18(19)21(30-22)28-14-15-10-12-16(13-11-15)17-6-4-5-9-20(17)33-23(31)32/h4-6,9-13H,1-3,7-8,14H2,(H,31,32)(H,28,29,30). The summed E-state index contributed by atoms with van der Waals surface area (Å²) in [5.41, 5.74) is 3.45. The third kappa shape index (κ3) is 5.42. The van der Waals surface area contributed by atoms with E-state index in [9.17, 15) is 18.0 Å². The first-order valence-electron chi connectivity index (χ1n) is 10.6. The lowest BCUT2D eigenvalue weighted by atomic mass is 10.0. The molecule has 0 radical (unpaired) electrons. The van der Waals surface area contributed by atoms with E-state index in [1.807, 2.05) is 24.3 Å². The molecule has 1 aliphatic carbocycles. The SMILES string of the molecule is O=C(O)Oc1ccccc1-c1ccc(CNc2nc(C(F)(F)F)nc3c2CCCCC3)cc1. The Kier molecular flexibility index (Phi) is 6.48. The zero-order valence-electron chi connectivity index (χ0n) is 17.7. The number of carboxylic acid groups (broad SMARTS) is 1. The zero-order valence-corrected chi connectivity index (χ0v) is 17.7. The molecule has 0 atom stereocenters. The quantitative estimate of drug-likeness (QED) is 0.274.